The molecule has 1 rings (SSSR count). The summed E-state index contributed by atoms with van der Waals surface area (Å²) in [4.78, 5) is 11.5. The van der Waals surface area contributed by atoms with Gasteiger partial charge in [0.05, 0.1) is 0 Å². The summed E-state index contributed by atoms with van der Waals surface area (Å²) in [5.74, 6) is 1.02. The molecule has 1 N–H and O–H groups in total. The summed E-state index contributed by atoms with van der Waals surface area (Å²) in [6.45, 7) is 10.3. The third-order valence-electron chi connectivity index (χ3n) is 2.49. The number of hydrogen-bond donors (Lipinski definition) is 1. The van der Waals surface area contributed by atoms with E-state index in [2.05, 4.69) is 25.7 Å². The molecular weight excluding hydrogens is 226 g/mol. The molecule has 0 saturated carbocycles. The highest BCUT2D eigenvalue weighted by Crippen LogP contribution is 2.25. The van der Waals surface area contributed by atoms with Crippen molar-refractivity contribution in [2.45, 2.75) is 26.7 Å². The molecule has 0 unspecified atom stereocenters. The van der Waals surface area contributed by atoms with E-state index < -0.39 is 0 Å². The van der Waals surface area contributed by atoms with Crippen LogP contribution in [0.2, 0.25) is 0 Å². The monoisotopic (exact) mass is 247 g/mol. The summed E-state index contributed by atoms with van der Waals surface area (Å²) < 4.78 is 5.55. The Morgan fingerprint density at radius 1 is 1.39 bits per heavy atom. The maximum atomic E-state index is 11.5. The molecule has 0 fully saturated rings. The lowest BCUT2D eigenvalue weighted by Crippen LogP contribution is -2.30. The number of benzene rings is 1. The SMILES string of the molecule is C=C(C)CNC(=O)COc1ccccc1C(C)C. The number of nitrogens with one attached hydrogen (secondary N) is 1. The highest BCUT2D eigenvalue weighted by Gasteiger charge is 2.08. The molecule has 3 heteroatoms. The highest BCUT2D eigenvalue weighted by molar-refractivity contribution is 5.77. The van der Waals surface area contributed by atoms with Gasteiger partial charge in [0.1, 0.15) is 5.75 Å². The van der Waals surface area contributed by atoms with Gasteiger partial charge in [0, 0.05) is 6.54 Å². The van der Waals surface area contributed by atoms with Gasteiger partial charge in [-0.05, 0) is 24.5 Å². The maximum Gasteiger partial charge on any atom is 0.258 e. The van der Waals surface area contributed by atoms with Gasteiger partial charge in [-0.15, -0.1) is 0 Å². The molecule has 0 bridgehead atoms. The van der Waals surface area contributed by atoms with E-state index in [1.54, 1.807) is 0 Å². The third-order valence-corrected chi connectivity index (χ3v) is 2.49. The molecule has 0 saturated heterocycles. The van der Waals surface area contributed by atoms with E-state index in [9.17, 15) is 4.79 Å². The van der Waals surface area contributed by atoms with Gasteiger partial charge in [0.25, 0.3) is 5.91 Å². The lowest BCUT2D eigenvalue weighted by atomic mass is 10.0. The fourth-order valence-electron chi connectivity index (χ4n) is 1.53. The third kappa shape index (κ3) is 4.62. The van der Waals surface area contributed by atoms with Crippen LogP contribution >= 0.6 is 0 Å². The van der Waals surface area contributed by atoms with Crippen molar-refractivity contribution < 1.29 is 9.53 Å². The number of carbonyl (C=O) groups is 1. The standard InChI is InChI=1S/C15H21NO2/c1-11(2)9-16-15(17)10-18-14-8-6-5-7-13(14)12(3)4/h5-8,12H,1,9-10H2,2-4H3,(H,16,17). The summed E-state index contributed by atoms with van der Waals surface area (Å²) in [7, 11) is 0. The predicted molar refractivity (Wildman–Crippen MR) is 73.8 cm³/mol. The normalized spacial score (nSPS) is 10.2. The van der Waals surface area contributed by atoms with Crippen LogP contribution in [0.4, 0.5) is 0 Å². The number of para-hydroxylation sites is 1. The Balaban J connectivity index is 2.53. The van der Waals surface area contributed by atoms with Crippen LogP contribution in [-0.2, 0) is 4.79 Å². The molecule has 0 aromatic heterocycles. The van der Waals surface area contributed by atoms with Crippen LogP contribution in [0.1, 0.15) is 32.3 Å². The maximum absolute atomic E-state index is 11.5. The van der Waals surface area contributed by atoms with Gasteiger partial charge >= 0.3 is 0 Å². The van der Waals surface area contributed by atoms with E-state index >= 15 is 0 Å². The zero-order valence-corrected chi connectivity index (χ0v) is 11.3. The van der Waals surface area contributed by atoms with Crippen LogP contribution in [0.3, 0.4) is 0 Å². The molecular formula is C15H21NO2. The van der Waals surface area contributed by atoms with Crippen LogP contribution < -0.4 is 10.1 Å². The molecule has 1 aromatic carbocycles. The minimum absolute atomic E-state index is 0.0387. The Hall–Kier alpha value is -1.77. The van der Waals surface area contributed by atoms with Crippen molar-refractivity contribution in [3.05, 3.63) is 42.0 Å². The Morgan fingerprint density at radius 3 is 2.67 bits per heavy atom. The summed E-state index contributed by atoms with van der Waals surface area (Å²) >= 11 is 0. The molecule has 0 radical (unpaired) electrons. The van der Waals surface area contributed by atoms with Gasteiger partial charge < -0.3 is 10.1 Å². The van der Waals surface area contributed by atoms with Crippen molar-refractivity contribution in [3.8, 4) is 5.75 Å². The fourth-order valence-corrected chi connectivity index (χ4v) is 1.53. The van der Waals surface area contributed by atoms with Gasteiger partial charge in [0.15, 0.2) is 6.61 Å². The van der Waals surface area contributed by atoms with Crippen LogP contribution in [0, 0.1) is 0 Å². The molecule has 0 aliphatic heterocycles. The molecule has 0 aliphatic carbocycles. The molecule has 98 valence electrons. The van der Waals surface area contributed by atoms with Crippen molar-refractivity contribution in [1.82, 2.24) is 5.32 Å². The predicted octanol–water partition coefficient (Wildman–Crippen LogP) is 2.88. The highest BCUT2D eigenvalue weighted by atomic mass is 16.5. The van der Waals surface area contributed by atoms with E-state index in [1.165, 1.54) is 0 Å². The molecule has 18 heavy (non-hydrogen) atoms. The van der Waals surface area contributed by atoms with Crippen molar-refractivity contribution in [2.75, 3.05) is 13.2 Å². The van der Waals surface area contributed by atoms with Crippen LogP contribution in [0.25, 0.3) is 0 Å². The van der Waals surface area contributed by atoms with Crippen LogP contribution in [-0.4, -0.2) is 19.1 Å². The van der Waals surface area contributed by atoms with E-state index in [-0.39, 0.29) is 12.5 Å². The van der Waals surface area contributed by atoms with Gasteiger partial charge in [-0.1, -0.05) is 44.2 Å². The topological polar surface area (TPSA) is 38.3 Å². The van der Waals surface area contributed by atoms with Crippen LogP contribution in [0.15, 0.2) is 36.4 Å². The van der Waals surface area contributed by atoms with Gasteiger partial charge in [-0.3, -0.25) is 4.79 Å². The Morgan fingerprint density at radius 2 is 2.06 bits per heavy atom. The molecule has 0 aliphatic rings. The lowest BCUT2D eigenvalue weighted by Gasteiger charge is -2.13. The molecule has 0 atom stereocenters. The average Bonchev–Trinajstić information content (AvgIpc) is 2.34. The van der Waals surface area contributed by atoms with Crippen molar-refractivity contribution >= 4 is 5.91 Å². The second-order valence-electron chi connectivity index (χ2n) is 4.72. The summed E-state index contributed by atoms with van der Waals surface area (Å²) in [6, 6.07) is 7.80. The molecule has 1 amide bonds. The summed E-state index contributed by atoms with van der Waals surface area (Å²) in [5, 5.41) is 2.74. The molecule has 3 nitrogen and oxygen atoms in total. The van der Waals surface area contributed by atoms with Crippen molar-refractivity contribution in [2.24, 2.45) is 0 Å². The van der Waals surface area contributed by atoms with E-state index in [0.29, 0.717) is 12.5 Å². The Kier molecular flexibility index (Phi) is 5.43. The van der Waals surface area contributed by atoms with Gasteiger partial charge in [0.2, 0.25) is 0 Å². The molecule has 0 spiro atoms. The van der Waals surface area contributed by atoms with E-state index in [0.717, 1.165) is 16.9 Å². The first-order valence-electron chi connectivity index (χ1n) is 6.13. The first-order valence-corrected chi connectivity index (χ1v) is 6.13. The van der Waals surface area contributed by atoms with Crippen molar-refractivity contribution in [1.29, 1.82) is 0 Å². The smallest absolute Gasteiger partial charge is 0.258 e. The number of amides is 1. The van der Waals surface area contributed by atoms with Crippen molar-refractivity contribution in [3.63, 3.8) is 0 Å². The average molecular weight is 247 g/mol. The van der Waals surface area contributed by atoms with Crippen LogP contribution in [0.5, 0.6) is 5.75 Å². The first kappa shape index (κ1) is 14.3. The fraction of sp³-hybridized carbons (Fsp3) is 0.400. The Bertz CT molecular complexity index is 424. The van der Waals surface area contributed by atoms with Gasteiger partial charge in [-0.25, -0.2) is 0 Å². The zero-order valence-electron chi connectivity index (χ0n) is 11.3. The minimum Gasteiger partial charge on any atom is -0.483 e. The summed E-state index contributed by atoms with van der Waals surface area (Å²) in [6.07, 6.45) is 0. The first-order chi connectivity index (χ1) is 8.50. The zero-order chi connectivity index (χ0) is 13.5. The summed E-state index contributed by atoms with van der Waals surface area (Å²) in [5.41, 5.74) is 2.04. The van der Waals surface area contributed by atoms with E-state index in [1.807, 2.05) is 31.2 Å². The minimum atomic E-state index is -0.128. The number of rotatable bonds is 6. The number of ether oxygens (including phenoxy) is 1. The molecule has 0 heterocycles. The second kappa shape index (κ2) is 6.84. The number of carbonyl (C=O) groups excluding carboxylic acids is 1. The quantitative estimate of drug-likeness (QED) is 0.785. The largest absolute Gasteiger partial charge is 0.483 e. The Labute approximate surface area is 109 Å². The molecule has 1 aromatic rings. The lowest BCUT2D eigenvalue weighted by molar-refractivity contribution is -0.122. The van der Waals surface area contributed by atoms with E-state index in [4.69, 9.17) is 4.74 Å². The number of hydrogen-bond acceptors (Lipinski definition) is 2. The second-order valence-corrected chi connectivity index (χ2v) is 4.72. The van der Waals surface area contributed by atoms with Gasteiger partial charge in [-0.2, -0.15) is 0 Å².